The second-order valence-corrected chi connectivity index (χ2v) is 15.0. The molecule has 0 unspecified atom stereocenters. The second-order valence-electron chi connectivity index (χ2n) is 9.49. The molecular formula is C20H32Cl2N2O4Si. The van der Waals surface area contributed by atoms with E-state index in [-0.39, 0.29) is 39.4 Å². The van der Waals surface area contributed by atoms with Crippen molar-refractivity contribution in [1.82, 2.24) is 10.3 Å². The molecular weight excluding hydrogens is 431 g/mol. The number of rotatable bonds is 7. The summed E-state index contributed by atoms with van der Waals surface area (Å²) < 4.78 is 11.7. The summed E-state index contributed by atoms with van der Waals surface area (Å²) in [6, 6.07) is 0. The van der Waals surface area contributed by atoms with Crippen molar-refractivity contribution in [3.05, 3.63) is 28.0 Å². The molecule has 0 fully saturated rings. The smallest absolute Gasteiger partial charge is 0.407 e. The molecule has 29 heavy (non-hydrogen) atoms. The molecule has 0 aliphatic heterocycles. The Morgan fingerprint density at radius 2 is 1.72 bits per heavy atom. The summed E-state index contributed by atoms with van der Waals surface area (Å²) in [6.45, 7) is 16.0. The molecule has 1 amide bonds. The number of hydrogen-bond acceptors (Lipinski definition) is 5. The van der Waals surface area contributed by atoms with E-state index in [0.717, 1.165) is 0 Å². The monoisotopic (exact) mass is 462 g/mol. The number of nitrogens with one attached hydrogen (secondary N) is 1. The van der Waals surface area contributed by atoms with Gasteiger partial charge in [-0.1, -0.05) is 44.0 Å². The van der Waals surface area contributed by atoms with Crippen LogP contribution in [0.3, 0.4) is 0 Å². The normalized spacial score (nSPS) is 13.7. The summed E-state index contributed by atoms with van der Waals surface area (Å²) in [6.07, 6.45) is 1.71. The number of Topliss-reactive ketones (excluding diaryl/α,β-unsaturated/α-hetero) is 1. The molecule has 0 aliphatic rings. The maximum absolute atomic E-state index is 12.8. The lowest BCUT2D eigenvalue weighted by Gasteiger charge is -2.39. The van der Waals surface area contributed by atoms with Gasteiger partial charge in [0.2, 0.25) is 0 Å². The van der Waals surface area contributed by atoms with Crippen molar-refractivity contribution < 1.29 is 18.8 Å². The van der Waals surface area contributed by atoms with Crippen LogP contribution in [-0.2, 0) is 9.16 Å². The van der Waals surface area contributed by atoms with Gasteiger partial charge in [0.1, 0.15) is 5.60 Å². The molecule has 0 saturated heterocycles. The van der Waals surface area contributed by atoms with Crippen LogP contribution < -0.4 is 5.32 Å². The first-order chi connectivity index (χ1) is 13.0. The minimum Gasteiger partial charge on any atom is -0.444 e. The van der Waals surface area contributed by atoms with Crippen LogP contribution in [-0.4, -0.2) is 43.4 Å². The van der Waals surface area contributed by atoms with Crippen molar-refractivity contribution >= 4 is 43.4 Å². The highest BCUT2D eigenvalue weighted by Crippen LogP contribution is 2.38. The van der Waals surface area contributed by atoms with E-state index in [2.05, 4.69) is 44.2 Å². The molecule has 1 heterocycles. The van der Waals surface area contributed by atoms with Gasteiger partial charge in [0, 0.05) is 25.4 Å². The van der Waals surface area contributed by atoms with E-state index in [1.807, 2.05) is 0 Å². The van der Waals surface area contributed by atoms with Gasteiger partial charge in [-0.3, -0.25) is 9.78 Å². The van der Waals surface area contributed by atoms with E-state index in [1.165, 1.54) is 12.4 Å². The number of pyridine rings is 1. The van der Waals surface area contributed by atoms with E-state index in [9.17, 15) is 9.59 Å². The zero-order valence-electron chi connectivity index (χ0n) is 18.5. The number of amides is 1. The molecule has 0 aromatic carbocycles. The van der Waals surface area contributed by atoms with E-state index in [1.54, 1.807) is 20.8 Å². The SMILES string of the molecule is CC(C)(C)OC(=O)NC[C@@H](CC(=O)c1cncc(Cl)c1Cl)O[Si](C)(C)C(C)(C)C. The van der Waals surface area contributed by atoms with Crippen molar-refractivity contribution in [3.8, 4) is 0 Å². The highest BCUT2D eigenvalue weighted by molar-refractivity contribution is 6.74. The number of ether oxygens (including phenoxy) is 1. The summed E-state index contributed by atoms with van der Waals surface area (Å²) >= 11 is 12.1. The average molecular weight is 463 g/mol. The van der Waals surface area contributed by atoms with Gasteiger partial charge in [0.25, 0.3) is 0 Å². The number of aromatic nitrogens is 1. The Morgan fingerprint density at radius 1 is 1.14 bits per heavy atom. The number of carbonyl (C=O) groups excluding carboxylic acids is 2. The molecule has 1 aromatic heterocycles. The lowest BCUT2D eigenvalue weighted by Crippen LogP contribution is -2.48. The topological polar surface area (TPSA) is 77.5 Å². The first-order valence-electron chi connectivity index (χ1n) is 9.50. The van der Waals surface area contributed by atoms with Gasteiger partial charge < -0.3 is 14.5 Å². The van der Waals surface area contributed by atoms with Crippen LogP contribution in [0.4, 0.5) is 4.79 Å². The van der Waals surface area contributed by atoms with Crippen molar-refractivity contribution in [3.63, 3.8) is 0 Å². The fourth-order valence-corrected chi connectivity index (χ4v) is 3.91. The highest BCUT2D eigenvalue weighted by Gasteiger charge is 2.39. The fraction of sp³-hybridized carbons (Fsp3) is 0.650. The standard InChI is InChI=1S/C20H32Cl2N2O4Si/c1-19(2,3)27-18(26)24-10-13(28-29(7,8)20(4,5)6)9-16(25)14-11-23-12-15(21)17(14)22/h11-13H,9-10H2,1-8H3,(H,24,26)/t13-/m1/s1. The summed E-state index contributed by atoms with van der Waals surface area (Å²) in [4.78, 5) is 28.9. The van der Waals surface area contributed by atoms with Crippen LogP contribution in [0.25, 0.3) is 0 Å². The Bertz CT molecular complexity index is 743. The van der Waals surface area contributed by atoms with Crippen molar-refractivity contribution in [2.24, 2.45) is 0 Å². The minimum atomic E-state index is -2.20. The van der Waals surface area contributed by atoms with Gasteiger partial charge in [0.15, 0.2) is 14.1 Å². The zero-order valence-corrected chi connectivity index (χ0v) is 21.0. The molecule has 0 radical (unpaired) electrons. The Kier molecular flexibility index (Phi) is 8.72. The molecule has 0 aliphatic carbocycles. The summed E-state index contributed by atoms with van der Waals surface area (Å²) in [5.41, 5.74) is -0.379. The second kappa shape index (κ2) is 9.77. The first-order valence-corrected chi connectivity index (χ1v) is 13.2. The van der Waals surface area contributed by atoms with E-state index >= 15 is 0 Å². The number of carbonyl (C=O) groups is 2. The van der Waals surface area contributed by atoms with Crippen LogP contribution in [0.2, 0.25) is 28.2 Å². The third-order valence-electron chi connectivity index (χ3n) is 4.69. The summed E-state index contributed by atoms with van der Waals surface area (Å²) in [5, 5.41) is 3.02. The quantitative estimate of drug-likeness (QED) is 0.404. The van der Waals surface area contributed by atoms with Gasteiger partial charge >= 0.3 is 6.09 Å². The Morgan fingerprint density at radius 3 is 2.24 bits per heavy atom. The third kappa shape index (κ3) is 8.24. The molecule has 1 atom stereocenters. The molecule has 1 rings (SSSR count). The van der Waals surface area contributed by atoms with Crippen LogP contribution in [0.15, 0.2) is 12.4 Å². The molecule has 0 spiro atoms. The van der Waals surface area contributed by atoms with Gasteiger partial charge in [0.05, 0.1) is 21.7 Å². The molecule has 9 heteroatoms. The molecule has 164 valence electrons. The predicted octanol–water partition coefficient (Wildman–Crippen LogP) is 5.88. The van der Waals surface area contributed by atoms with Crippen molar-refractivity contribution in [2.45, 2.75) is 77.8 Å². The highest BCUT2D eigenvalue weighted by atomic mass is 35.5. The fourth-order valence-electron chi connectivity index (χ4n) is 2.19. The Balaban J connectivity index is 2.99. The number of ketones is 1. The molecule has 1 aromatic rings. The lowest BCUT2D eigenvalue weighted by atomic mass is 10.1. The Labute approximate surface area is 184 Å². The van der Waals surface area contributed by atoms with Gasteiger partial charge in [-0.05, 0) is 38.9 Å². The van der Waals surface area contributed by atoms with E-state index in [4.69, 9.17) is 32.4 Å². The minimum absolute atomic E-state index is 0.0318. The summed E-state index contributed by atoms with van der Waals surface area (Å²) in [7, 11) is -2.20. The van der Waals surface area contributed by atoms with Crippen LogP contribution in [0.1, 0.15) is 58.3 Å². The van der Waals surface area contributed by atoms with Crippen LogP contribution in [0.5, 0.6) is 0 Å². The van der Waals surface area contributed by atoms with Crippen molar-refractivity contribution in [1.29, 1.82) is 0 Å². The largest absolute Gasteiger partial charge is 0.444 e. The maximum Gasteiger partial charge on any atom is 0.407 e. The predicted molar refractivity (Wildman–Crippen MR) is 120 cm³/mol. The number of hydrogen-bond donors (Lipinski definition) is 1. The van der Waals surface area contributed by atoms with Gasteiger partial charge in [-0.25, -0.2) is 4.79 Å². The molecule has 1 N–H and O–H groups in total. The molecule has 6 nitrogen and oxygen atoms in total. The van der Waals surface area contributed by atoms with Gasteiger partial charge in [-0.15, -0.1) is 0 Å². The Hall–Kier alpha value is -1.15. The van der Waals surface area contributed by atoms with Gasteiger partial charge in [-0.2, -0.15) is 0 Å². The van der Waals surface area contributed by atoms with Crippen LogP contribution in [0, 0.1) is 0 Å². The summed E-state index contributed by atoms with van der Waals surface area (Å²) in [5.74, 6) is -0.250. The molecule has 0 saturated carbocycles. The average Bonchev–Trinajstić information content (AvgIpc) is 2.52. The first kappa shape index (κ1) is 25.9. The zero-order chi connectivity index (χ0) is 22.6. The third-order valence-corrected chi connectivity index (χ3v) is 10.0. The van der Waals surface area contributed by atoms with E-state index in [0.29, 0.717) is 0 Å². The number of halogens is 2. The van der Waals surface area contributed by atoms with Crippen molar-refractivity contribution in [2.75, 3.05) is 6.54 Å². The van der Waals surface area contributed by atoms with Crippen LogP contribution >= 0.6 is 23.2 Å². The number of alkyl carbamates (subject to hydrolysis) is 1. The molecule has 0 bridgehead atoms. The maximum atomic E-state index is 12.8. The van der Waals surface area contributed by atoms with E-state index < -0.39 is 26.1 Å². The lowest BCUT2D eigenvalue weighted by molar-refractivity contribution is 0.0488. The number of nitrogens with zero attached hydrogens (tertiary/aromatic N) is 1.